The molecule has 3 N–H and O–H groups in total. The van der Waals surface area contributed by atoms with Crippen LogP contribution in [0.15, 0.2) is 24.3 Å². The van der Waals surface area contributed by atoms with Crippen LogP contribution in [0.5, 0.6) is 0 Å². The molecule has 100 valence electrons. The third kappa shape index (κ3) is 3.70. The lowest BCUT2D eigenvalue weighted by Crippen LogP contribution is -2.58. The van der Waals surface area contributed by atoms with E-state index < -0.39 is 17.2 Å². The van der Waals surface area contributed by atoms with E-state index >= 15 is 0 Å². The molecule has 0 atom stereocenters. The third-order valence-corrected chi connectivity index (χ3v) is 3.06. The number of halogens is 1. The first-order chi connectivity index (χ1) is 8.12. The molecule has 0 radical (unpaired) electrons. The molecule has 0 spiro atoms. The van der Waals surface area contributed by atoms with Gasteiger partial charge in [-0.2, -0.15) is 0 Å². The van der Waals surface area contributed by atoms with Gasteiger partial charge in [-0.05, 0) is 52.0 Å². The predicted octanol–water partition coefficient (Wildman–Crippen LogP) is 2.50. The van der Waals surface area contributed by atoms with E-state index in [1.807, 2.05) is 0 Å². The summed E-state index contributed by atoms with van der Waals surface area (Å²) < 4.78 is 12.7. The van der Waals surface area contributed by atoms with E-state index in [2.05, 4.69) is 10.6 Å². The monoisotopic (exact) mass is 254 g/mol. The molecule has 0 aromatic heterocycles. The maximum atomic E-state index is 12.7. The zero-order chi connectivity index (χ0) is 14.0. The zero-order valence-corrected chi connectivity index (χ0v) is 11.0. The maximum absolute atomic E-state index is 12.7. The summed E-state index contributed by atoms with van der Waals surface area (Å²) in [5.74, 6) is -0.363. The molecule has 1 rings (SSSR count). The van der Waals surface area contributed by atoms with Gasteiger partial charge in [-0.15, -0.1) is 0 Å². The van der Waals surface area contributed by atoms with E-state index in [0.717, 1.165) is 0 Å². The molecule has 0 heterocycles. The number of carbonyl (C=O) groups excluding carboxylic acids is 1. The Bertz CT molecular complexity index is 422. The van der Waals surface area contributed by atoms with Gasteiger partial charge in [-0.1, -0.05) is 0 Å². The minimum Gasteiger partial charge on any atom is -0.388 e. The van der Waals surface area contributed by atoms with Crippen LogP contribution in [0.4, 0.5) is 14.9 Å². The summed E-state index contributed by atoms with van der Waals surface area (Å²) in [7, 11) is 0. The molecule has 0 unspecified atom stereocenters. The lowest BCUT2D eigenvalue weighted by atomic mass is 9.86. The van der Waals surface area contributed by atoms with E-state index in [1.54, 1.807) is 27.7 Å². The highest BCUT2D eigenvalue weighted by molar-refractivity contribution is 5.89. The van der Waals surface area contributed by atoms with Crippen LogP contribution < -0.4 is 10.6 Å². The molecular weight excluding hydrogens is 235 g/mol. The lowest BCUT2D eigenvalue weighted by Gasteiger charge is -2.37. The summed E-state index contributed by atoms with van der Waals surface area (Å²) >= 11 is 0. The Morgan fingerprint density at radius 2 is 1.67 bits per heavy atom. The highest BCUT2D eigenvalue weighted by Crippen LogP contribution is 2.20. The summed E-state index contributed by atoms with van der Waals surface area (Å²) in [6.07, 6.45) is 0. The van der Waals surface area contributed by atoms with Crippen molar-refractivity contribution < 1.29 is 14.3 Å². The molecule has 1 aromatic rings. The normalized spacial score (nSPS) is 12.1. The Labute approximate surface area is 106 Å². The number of urea groups is 1. The first kappa shape index (κ1) is 14.4. The number of rotatable bonds is 3. The fourth-order valence-electron chi connectivity index (χ4n) is 1.13. The zero-order valence-electron chi connectivity index (χ0n) is 11.0. The smallest absolute Gasteiger partial charge is 0.319 e. The molecule has 0 aliphatic carbocycles. The molecule has 0 aliphatic heterocycles. The molecule has 0 bridgehead atoms. The third-order valence-electron chi connectivity index (χ3n) is 3.06. The second-order valence-electron chi connectivity index (χ2n) is 5.27. The summed E-state index contributed by atoms with van der Waals surface area (Å²) in [4.78, 5) is 11.7. The van der Waals surface area contributed by atoms with Crippen molar-refractivity contribution in [2.75, 3.05) is 5.32 Å². The predicted molar refractivity (Wildman–Crippen MR) is 68.9 cm³/mol. The standard InChI is InChI=1S/C13H19FN2O2/c1-12(2,13(3,4)18)16-11(17)15-10-7-5-9(14)6-8-10/h5-8,18H,1-4H3,(H2,15,16,17). The molecule has 18 heavy (non-hydrogen) atoms. The van der Waals surface area contributed by atoms with Crippen molar-refractivity contribution in [3.63, 3.8) is 0 Å². The number of nitrogens with one attached hydrogen (secondary N) is 2. The number of benzene rings is 1. The van der Waals surface area contributed by atoms with Crippen LogP contribution >= 0.6 is 0 Å². The van der Waals surface area contributed by atoms with Gasteiger partial charge in [0.25, 0.3) is 0 Å². The fraction of sp³-hybridized carbons (Fsp3) is 0.462. The summed E-state index contributed by atoms with van der Waals surface area (Å²) in [6.45, 7) is 6.67. The number of hydrogen-bond acceptors (Lipinski definition) is 2. The summed E-state index contributed by atoms with van der Waals surface area (Å²) in [6, 6.07) is 5.00. The van der Waals surface area contributed by atoms with Crippen molar-refractivity contribution in [1.29, 1.82) is 0 Å². The topological polar surface area (TPSA) is 61.4 Å². The van der Waals surface area contributed by atoms with E-state index in [-0.39, 0.29) is 5.82 Å². The number of amides is 2. The number of aliphatic hydroxyl groups is 1. The minimum atomic E-state index is -1.06. The SMILES string of the molecule is CC(C)(O)C(C)(C)NC(=O)Nc1ccc(F)cc1. The highest BCUT2D eigenvalue weighted by atomic mass is 19.1. The summed E-state index contributed by atoms with van der Waals surface area (Å²) in [5.41, 5.74) is -1.37. The second kappa shape index (κ2) is 4.94. The van der Waals surface area contributed by atoms with Crippen LogP contribution in [0.3, 0.4) is 0 Å². The van der Waals surface area contributed by atoms with Crippen LogP contribution in [0.2, 0.25) is 0 Å². The summed E-state index contributed by atoms with van der Waals surface area (Å²) in [5, 5.41) is 15.1. The molecule has 4 nitrogen and oxygen atoms in total. The minimum absolute atomic E-state index is 0.363. The van der Waals surface area contributed by atoms with Crippen LogP contribution in [0, 0.1) is 5.82 Å². The van der Waals surface area contributed by atoms with Gasteiger partial charge in [0.2, 0.25) is 0 Å². The Morgan fingerprint density at radius 1 is 1.17 bits per heavy atom. The van der Waals surface area contributed by atoms with Crippen molar-refractivity contribution in [2.45, 2.75) is 38.8 Å². The van der Waals surface area contributed by atoms with E-state index in [9.17, 15) is 14.3 Å². The first-order valence-electron chi connectivity index (χ1n) is 5.69. The molecule has 5 heteroatoms. The molecule has 1 aromatic carbocycles. The van der Waals surface area contributed by atoms with E-state index in [0.29, 0.717) is 5.69 Å². The average Bonchev–Trinajstić information content (AvgIpc) is 2.19. The van der Waals surface area contributed by atoms with Crippen LogP contribution in [-0.4, -0.2) is 22.3 Å². The lowest BCUT2D eigenvalue weighted by molar-refractivity contribution is 0.00185. The molecule has 0 fully saturated rings. The number of hydrogen-bond donors (Lipinski definition) is 3. The van der Waals surface area contributed by atoms with Crippen LogP contribution in [0.25, 0.3) is 0 Å². The Kier molecular flexibility index (Phi) is 3.96. The molecule has 0 aliphatic rings. The van der Waals surface area contributed by atoms with Crippen molar-refractivity contribution in [3.05, 3.63) is 30.1 Å². The number of carbonyl (C=O) groups is 1. The van der Waals surface area contributed by atoms with Crippen LogP contribution in [-0.2, 0) is 0 Å². The van der Waals surface area contributed by atoms with E-state index in [1.165, 1.54) is 24.3 Å². The van der Waals surface area contributed by atoms with Gasteiger partial charge in [-0.3, -0.25) is 0 Å². The van der Waals surface area contributed by atoms with Gasteiger partial charge in [0, 0.05) is 5.69 Å². The Balaban J connectivity index is 2.65. The average molecular weight is 254 g/mol. The largest absolute Gasteiger partial charge is 0.388 e. The van der Waals surface area contributed by atoms with Gasteiger partial charge in [0.15, 0.2) is 0 Å². The Morgan fingerprint density at radius 3 is 2.11 bits per heavy atom. The Hall–Kier alpha value is -1.62. The first-order valence-corrected chi connectivity index (χ1v) is 5.69. The quantitative estimate of drug-likeness (QED) is 0.776. The second-order valence-corrected chi connectivity index (χ2v) is 5.27. The molecule has 0 saturated carbocycles. The van der Waals surface area contributed by atoms with Crippen molar-refractivity contribution in [2.24, 2.45) is 0 Å². The van der Waals surface area contributed by atoms with Gasteiger partial charge in [0.05, 0.1) is 11.1 Å². The van der Waals surface area contributed by atoms with Crippen LogP contribution in [0.1, 0.15) is 27.7 Å². The van der Waals surface area contributed by atoms with Crippen molar-refractivity contribution >= 4 is 11.7 Å². The van der Waals surface area contributed by atoms with Crippen molar-refractivity contribution in [1.82, 2.24) is 5.32 Å². The highest BCUT2D eigenvalue weighted by Gasteiger charge is 2.36. The van der Waals surface area contributed by atoms with Gasteiger partial charge in [0.1, 0.15) is 5.82 Å². The number of anilines is 1. The molecule has 2 amide bonds. The van der Waals surface area contributed by atoms with Gasteiger partial charge >= 0.3 is 6.03 Å². The van der Waals surface area contributed by atoms with E-state index in [4.69, 9.17) is 0 Å². The molecular formula is C13H19FN2O2. The van der Waals surface area contributed by atoms with Gasteiger partial charge in [-0.25, -0.2) is 9.18 Å². The van der Waals surface area contributed by atoms with Gasteiger partial charge < -0.3 is 15.7 Å². The maximum Gasteiger partial charge on any atom is 0.319 e. The molecule has 0 saturated heterocycles. The fourth-order valence-corrected chi connectivity index (χ4v) is 1.13. The van der Waals surface area contributed by atoms with Crippen molar-refractivity contribution in [3.8, 4) is 0 Å².